The maximum Gasteiger partial charge on any atom is 0.346 e. The normalized spacial score (nSPS) is 11.3. The topological polar surface area (TPSA) is 80.7 Å². The smallest absolute Gasteiger partial charge is 0.346 e. The van der Waals surface area contributed by atoms with Crippen molar-refractivity contribution in [3.8, 4) is 5.75 Å². The lowest BCUT2D eigenvalue weighted by Crippen LogP contribution is -2.15. The highest BCUT2D eigenvalue weighted by Gasteiger charge is 2.10. The number of carboxylic acid groups (broad SMARTS) is 1. The van der Waals surface area contributed by atoms with Gasteiger partial charge in [0.05, 0.1) is 5.75 Å². The summed E-state index contributed by atoms with van der Waals surface area (Å²) in [6.07, 6.45) is 0. The molecule has 0 bridgehead atoms. The van der Waals surface area contributed by atoms with Crippen LogP contribution >= 0.6 is 11.3 Å². The number of thiophene rings is 1. The van der Waals surface area contributed by atoms with Crippen molar-refractivity contribution in [2.24, 2.45) is 0 Å². The van der Waals surface area contributed by atoms with Gasteiger partial charge >= 0.3 is 5.97 Å². The Morgan fingerprint density at radius 2 is 2.25 bits per heavy atom. The van der Waals surface area contributed by atoms with Gasteiger partial charge in [0.15, 0.2) is 9.84 Å². The molecule has 90 valence electrons. The first-order valence-electron chi connectivity index (χ1n) is 4.59. The highest BCUT2D eigenvalue weighted by molar-refractivity contribution is 7.91. The minimum Gasteiger partial charge on any atom is -0.492 e. The van der Waals surface area contributed by atoms with E-state index in [0.29, 0.717) is 5.75 Å². The van der Waals surface area contributed by atoms with Gasteiger partial charge in [-0.25, -0.2) is 13.2 Å². The summed E-state index contributed by atoms with van der Waals surface area (Å²) in [5, 5.41) is 10.2. The molecule has 1 heterocycles. The molecular weight excluding hydrogens is 252 g/mol. The Balaban J connectivity index is 2.46. The number of aromatic carboxylic acids is 1. The van der Waals surface area contributed by atoms with Gasteiger partial charge in [-0.3, -0.25) is 0 Å². The van der Waals surface area contributed by atoms with Gasteiger partial charge in [-0.1, -0.05) is 6.92 Å². The summed E-state index contributed by atoms with van der Waals surface area (Å²) in [7, 11) is -3.04. The van der Waals surface area contributed by atoms with E-state index in [9.17, 15) is 13.2 Å². The van der Waals surface area contributed by atoms with Crippen molar-refractivity contribution in [3.63, 3.8) is 0 Å². The third-order valence-electron chi connectivity index (χ3n) is 1.89. The van der Waals surface area contributed by atoms with Crippen molar-refractivity contribution in [2.75, 3.05) is 18.1 Å². The van der Waals surface area contributed by atoms with E-state index in [-0.39, 0.29) is 23.0 Å². The molecule has 0 aliphatic heterocycles. The average Bonchev–Trinajstić information content (AvgIpc) is 2.66. The lowest BCUT2D eigenvalue weighted by atomic mass is 10.4. The lowest BCUT2D eigenvalue weighted by Gasteiger charge is -2.03. The van der Waals surface area contributed by atoms with Crippen molar-refractivity contribution in [3.05, 3.63) is 16.3 Å². The van der Waals surface area contributed by atoms with Crippen LogP contribution in [-0.4, -0.2) is 37.6 Å². The zero-order valence-electron chi connectivity index (χ0n) is 8.67. The number of hydrogen-bond donors (Lipinski definition) is 1. The Kier molecular flexibility index (Phi) is 4.31. The number of sulfone groups is 1. The molecule has 1 aromatic heterocycles. The van der Waals surface area contributed by atoms with Crippen molar-refractivity contribution >= 4 is 27.1 Å². The van der Waals surface area contributed by atoms with Crippen molar-refractivity contribution in [1.29, 1.82) is 0 Å². The molecule has 0 aliphatic rings. The molecular formula is C9H12O5S2. The summed E-state index contributed by atoms with van der Waals surface area (Å²) in [6.45, 7) is 1.62. The standard InChI is InChI=1S/C9H12O5S2/c1-2-16(12,13)4-3-14-7-5-8(9(10)11)15-6-7/h5-6H,2-4H2,1H3,(H,10,11). The molecule has 0 saturated heterocycles. The Morgan fingerprint density at radius 3 is 2.75 bits per heavy atom. The Labute approximate surface area is 97.6 Å². The second-order valence-corrected chi connectivity index (χ2v) is 6.42. The van der Waals surface area contributed by atoms with Crippen LogP contribution in [0.5, 0.6) is 5.75 Å². The third kappa shape index (κ3) is 3.82. The van der Waals surface area contributed by atoms with Crippen LogP contribution in [0.25, 0.3) is 0 Å². The lowest BCUT2D eigenvalue weighted by molar-refractivity contribution is 0.0702. The Bertz CT molecular complexity index is 460. The zero-order chi connectivity index (χ0) is 12.2. The molecule has 1 N–H and O–H groups in total. The van der Waals surface area contributed by atoms with Crippen LogP contribution in [0.15, 0.2) is 11.4 Å². The van der Waals surface area contributed by atoms with Gasteiger partial charge in [-0.05, 0) is 0 Å². The molecule has 1 aromatic rings. The predicted octanol–water partition coefficient (Wildman–Crippen LogP) is 1.26. The van der Waals surface area contributed by atoms with Crippen LogP contribution in [-0.2, 0) is 9.84 Å². The van der Waals surface area contributed by atoms with Gasteiger partial charge in [0.25, 0.3) is 0 Å². The first-order valence-corrected chi connectivity index (χ1v) is 7.30. The summed E-state index contributed by atoms with van der Waals surface area (Å²) in [5.74, 6) is -0.586. The van der Waals surface area contributed by atoms with Gasteiger partial charge < -0.3 is 9.84 Å². The summed E-state index contributed by atoms with van der Waals surface area (Å²) >= 11 is 1.05. The van der Waals surface area contributed by atoms with Crippen LogP contribution < -0.4 is 4.74 Å². The number of rotatable bonds is 6. The summed E-state index contributed by atoms with van der Waals surface area (Å²) < 4.78 is 27.4. The fraction of sp³-hybridized carbons (Fsp3) is 0.444. The van der Waals surface area contributed by atoms with E-state index in [1.807, 2.05) is 0 Å². The average molecular weight is 264 g/mol. The maximum absolute atomic E-state index is 11.1. The minimum absolute atomic E-state index is 0.0476. The molecule has 0 amide bonds. The third-order valence-corrected chi connectivity index (χ3v) is 4.45. The van der Waals surface area contributed by atoms with E-state index in [1.54, 1.807) is 12.3 Å². The molecule has 0 spiro atoms. The molecule has 7 heteroatoms. The molecule has 0 aliphatic carbocycles. The molecule has 0 radical (unpaired) electrons. The number of carboxylic acids is 1. The van der Waals surface area contributed by atoms with Crippen LogP contribution in [0.4, 0.5) is 0 Å². The first-order chi connectivity index (χ1) is 7.44. The van der Waals surface area contributed by atoms with Crippen LogP contribution in [0.1, 0.15) is 16.6 Å². The second-order valence-electron chi connectivity index (χ2n) is 3.04. The van der Waals surface area contributed by atoms with E-state index in [4.69, 9.17) is 9.84 Å². The highest BCUT2D eigenvalue weighted by atomic mass is 32.2. The molecule has 5 nitrogen and oxygen atoms in total. The molecule has 0 atom stereocenters. The maximum atomic E-state index is 11.1. The van der Waals surface area contributed by atoms with Crippen LogP contribution in [0, 0.1) is 0 Å². The van der Waals surface area contributed by atoms with Crippen molar-refractivity contribution < 1.29 is 23.1 Å². The van der Waals surface area contributed by atoms with E-state index in [2.05, 4.69) is 0 Å². The molecule has 16 heavy (non-hydrogen) atoms. The van der Waals surface area contributed by atoms with Gasteiger partial charge in [-0.15, -0.1) is 11.3 Å². The summed E-state index contributed by atoms with van der Waals surface area (Å²) in [5.41, 5.74) is 0. The second kappa shape index (κ2) is 5.31. The van der Waals surface area contributed by atoms with E-state index >= 15 is 0 Å². The Morgan fingerprint density at radius 1 is 1.56 bits per heavy atom. The molecule has 0 saturated carbocycles. The number of carbonyl (C=O) groups is 1. The first kappa shape index (κ1) is 13.0. The van der Waals surface area contributed by atoms with E-state index in [1.165, 1.54) is 6.07 Å². The largest absolute Gasteiger partial charge is 0.492 e. The zero-order valence-corrected chi connectivity index (χ0v) is 10.3. The van der Waals surface area contributed by atoms with Gasteiger partial charge in [0.2, 0.25) is 0 Å². The van der Waals surface area contributed by atoms with Gasteiger partial charge in [0.1, 0.15) is 17.2 Å². The molecule has 1 rings (SSSR count). The fourth-order valence-electron chi connectivity index (χ4n) is 0.937. The van der Waals surface area contributed by atoms with E-state index in [0.717, 1.165) is 11.3 Å². The Hall–Kier alpha value is -1.08. The molecule has 0 fully saturated rings. The number of hydrogen-bond acceptors (Lipinski definition) is 5. The molecule has 0 aromatic carbocycles. The van der Waals surface area contributed by atoms with Gasteiger partial charge in [0, 0.05) is 17.2 Å². The minimum atomic E-state index is -3.04. The fourth-order valence-corrected chi connectivity index (χ4v) is 2.23. The predicted molar refractivity (Wildman–Crippen MR) is 61.1 cm³/mol. The van der Waals surface area contributed by atoms with Gasteiger partial charge in [-0.2, -0.15) is 0 Å². The van der Waals surface area contributed by atoms with Crippen molar-refractivity contribution in [2.45, 2.75) is 6.92 Å². The SMILES string of the molecule is CCS(=O)(=O)CCOc1csc(C(=O)O)c1. The summed E-state index contributed by atoms with van der Waals surface area (Å²) in [4.78, 5) is 10.7. The van der Waals surface area contributed by atoms with E-state index < -0.39 is 15.8 Å². The highest BCUT2D eigenvalue weighted by Crippen LogP contribution is 2.21. The quantitative estimate of drug-likeness (QED) is 0.836. The number of ether oxygens (including phenoxy) is 1. The van der Waals surface area contributed by atoms with Crippen LogP contribution in [0.3, 0.4) is 0 Å². The monoisotopic (exact) mass is 264 g/mol. The summed E-state index contributed by atoms with van der Waals surface area (Å²) in [6, 6.07) is 1.38. The molecule has 0 unspecified atom stereocenters. The van der Waals surface area contributed by atoms with Crippen molar-refractivity contribution in [1.82, 2.24) is 0 Å². The van der Waals surface area contributed by atoms with Crippen LogP contribution in [0.2, 0.25) is 0 Å².